The first-order valence-corrected chi connectivity index (χ1v) is 8.97. The zero-order chi connectivity index (χ0) is 18.0. The molecule has 26 heavy (non-hydrogen) atoms. The van der Waals surface area contributed by atoms with Gasteiger partial charge in [-0.1, -0.05) is 0 Å². The first-order valence-electron chi connectivity index (χ1n) is 8.97. The number of nitrogens with zero attached hydrogens (tertiary/aromatic N) is 3. The molecule has 0 radical (unpaired) electrons. The van der Waals surface area contributed by atoms with Crippen LogP contribution >= 0.6 is 0 Å². The summed E-state index contributed by atoms with van der Waals surface area (Å²) in [5.41, 5.74) is 2.06. The average molecular weight is 356 g/mol. The Hall–Kier alpha value is -2.38. The van der Waals surface area contributed by atoms with Crippen molar-refractivity contribution in [3.63, 3.8) is 0 Å². The molecule has 1 N–H and O–H groups in total. The van der Waals surface area contributed by atoms with Crippen LogP contribution in [0.15, 0.2) is 36.7 Å². The minimum atomic E-state index is -0.191. The maximum absolute atomic E-state index is 11.3. The van der Waals surface area contributed by atoms with Crippen LogP contribution in [0, 0.1) is 0 Å². The van der Waals surface area contributed by atoms with Crippen LogP contribution in [0.4, 0.5) is 0 Å². The van der Waals surface area contributed by atoms with E-state index >= 15 is 0 Å². The van der Waals surface area contributed by atoms with Gasteiger partial charge in [0.15, 0.2) is 0 Å². The van der Waals surface area contributed by atoms with E-state index in [9.17, 15) is 4.79 Å². The van der Waals surface area contributed by atoms with Gasteiger partial charge >= 0.3 is 0 Å². The normalized spacial score (nSPS) is 20.1. The molecule has 138 valence electrons. The Morgan fingerprint density at radius 2 is 2.19 bits per heavy atom. The highest BCUT2D eigenvalue weighted by Gasteiger charge is 2.38. The largest absolute Gasteiger partial charge is 0.497 e. The van der Waals surface area contributed by atoms with Gasteiger partial charge in [-0.2, -0.15) is 5.10 Å². The van der Waals surface area contributed by atoms with Gasteiger partial charge in [0.1, 0.15) is 12.4 Å². The molecule has 7 heteroatoms. The fourth-order valence-corrected chi connectivity index (χ4v) is 3.71. The zero-order valence-electron chi connectivity index (χ0n) is 15.0. The van der Waals surface area contributed by atoms with Gasteiger partial charge in [-0.25, -0.2) is 4.68 Å². The van der Waals surface area contributed by atoms with Gasteiger partial charge in [0, 0.05) is 38.6 Å². The highest BCUT2D eigenvalue weighted by Crippen LogP contribution is 2.30. The van der Waals surface area contributed by atoms with Gasteiger partial charge in [0.2, 0.25) is 5.91 Å². The van der Waals surface area contributed by atoms with E-state index in [-0.39, 0.29) is 18.1 Å². The SMILES string of the molecule is COc1ccc(-n2cccn2)c(CN2CCC3(CC2)CNC(=O)CO3)c1. The summed E-state index contributed by atoms with van der Waals surface area (Å²) in [5, 5.41) is 7.31. The number of hydrogen-bond acceptors (Lipinski definition) is 5. The molecule has 2 saturated heterocycles. The Kier molecular flexibility index (Phi) is 4.65. The molecule has 0 atom stereocenters. The van der Waals surface area contributed by atoms with Crippen LogP contribution in [-0.4, -0.2) is 59.5 Å². The standard InChI is InChI=1S/C19H24N4O3/c1-25-16-3-4-17(23-8-2-7-21-23)15(11-16)12-22-9-5-19(6-10-22)14-20-18(24)13-26-19/h2-4,7-8,11H,5-6,9-10,12-14H2,1H3,(H,20,24). The fraction of sp³-hybridized carbons (Fsp3) is 0.474. The summed E-state index contributed by atoms with van der Waals surface area (Å²) in [5.74, 6) is 0.834. The number of carbonyl (C=O) groups is 1. The van der Waals surface area contributed by atoms with Crippen LogP contribution in [0.25, 0.3) is 5.69 Å². The number of carbonyl (C=O) groups excluding carboxylic acids is 1. The van der Waals surface area contributed by atoms with Crippen molar-refractivity contribution in [1.82, 2.24) is 20.0 Å². The average Bonchev–Trinajstić information content (AvgIpc) is 3.21. The molecular weight excluding hydrogens is 332 g/mol. The third-order valence-corrected chi connectivity index (χ3v) is 5.32. The summed E-state index contributed by atoms with van der Waals surface area (Å²) >= 11 is 0. The molecule has 2 aromatic rings. The number of aromatic nitrogens is 2. The molecule has 3 heterocycles. The maximum atomic E-state index is 11.3. The molecule has 4 rings (SSSR count). The minimum absolute atomic E-state index is 0.0155. The van der Waals surface area contributed by atoms with Gasteiger partial charge in [-0.3, -0.25) is 9.69 Å². The van der Waals surface area contributed by atoms with Crippen LogP contribution in [0.3, 0.4) is 0 Å². The van der Waals surface area contributed by atoms with Gasteiger partial charge < -0.3 is 14.8 Å². The van der Waals surface area contributed by atoms with E-state index in [4.69, 9.17) is 9.47 Å². The lowest BCUT2D eigenvalue weighted by molar-refractivity contribution is -0.150. The van der Waals surface area contributed by atoms with E-state index in [2.05, 4.69) is 21.4 Å². The maximum Gasteiger partial charge on any atom is 0.246 e. The van der Waals surface area contributed by atoms with Crippen LogP contribution in [0.1, 0.15) is 18.4 Å². The molecule has 2 aliphatic heterocycles. The molecule has 1 aromatic carbocycles. The van der Waals surface area contributed by atoms with Crippen LogP contribution < -0.4 is 10.1 Å². The van der Waals surface area contributed by atoms with Gasteiger partial charge in [0.25, 0.3) is 0 Å². The van der Waals surface area contributed by atoms with Crippen molar-refractivity contribution >= 4 is 5.91 Å². The van der Waals surface area contributed by atoms with Crippen molar-refractivity contribution in [2.75, 3.05) is 33.4 Å². The predicted octanol–water partition coefficient (Wildman–Crippen LogP) is 1.36. The lowest BCUT2D eigenvalue weighted by atomic mass is 9.89. The fourth-order valence-electron chi connectivity index (χ4n) is 3.71. The van der Waals surface area contributed by atoms with E-state index in [1.165, 1.54) is 5.56 Å². The van der Waals surface area contributed by atoms with Crippen molar-refractivity contribution < 1.29 is 14.3 Å². The van der Waals surface area contributed by atoms with Crippen molar-refractivity contribution in [3.8, 4) is 11.4 Å². The quantitative estimate of drug-likeness (QED) is 0.896. The van der Waals surface area contributed by atoms with Crippen molar-refractivity contribution in [2.45, 2.75) is 25.0 Å². The van der Waals surface area contributed by atoms with E-state index in [1.54, 1.807) is 13.3 Å². The second-order valence-corrected chi connectivity index (χ2v) is 6.97. The molecule has 0 saturated carbocycles. The Balaban J connectivity index is 1.47. The third kappa shape index (κ3) is 3.45. The van der Waals surface area contributed by atoms with E-state index in [1.807, 2.05) is 29.1 Å². The number of benzene rings is 1. The third-order valence-electron chi connectivity index (χ3n) is 5.32. The summed E-state index contributed by atoms with van der Waals surface area (Å²) in [4.78, 5) is 13.8. The Labute approximate surface area is 152 Å². The molecule has 1 amide bonds. The summed E-state index contributed by atoms with van der Waals surface area (Å²) in [7, 11) is 1.69. The molecule has 1 spiro atoms. The van der Waals surface area contributed by atoms with Crippen LogP contribution in [0.2, 0.25) is 0 Å². The Morgan fingerprint density at radius 3 is 2.85 bits per heavy atom. The predicted molar refractivity (Wildman–Crippen MR) is 96.3 cm³/mol. The topological polar surface area (TPSA) is 68.6 Å². The molecular formula is C19H24N4O3. The minimum Gasteiger partial charge on any atom is -0.497 e. The number of amides is 1. The highest BCUT2D eigenvalue weighted by atomic mass is 16.5. The van der Waals surface area contributed by atoms with E-state index in [0.717, 1.165) is 43.9 Å². The molecule has 2 aliphatic rings. The van der Waals surface area contributed by atoms with Crippen molar-refractivity contribution in [1.29, 1.82) is 0 Å². The molecule has 0 bridgehead atoms. The number of rotatable bonds is 4. The van der Waals surface area contributed by atoms with Gasteiger partial charge in [-0.15, -0.1) is 0 Å². The summed E-state index contributed by atoms with van der Waals surface area (Å²) in [6.45, 7) is 3.50. The summed E-state index contributed by atoms with van der Waals surface area (Å²) in [6.07, 6.45) is 5.59. The van der Waals surface area contributed by atoms with Crippen molar-refractivity contribution in [3.05, 3.63) is 42.2 Å². The van der Waals surface area contributed by atoms with Gasteiger partial charge in [-0.05, 0) is 42.7 Å². The number of nitrogens with one attached hydrogen (secondary N) is 1. The lowest BCUT2D eigenvalue weighted by Crippen LogP contribution is -2.57. The molecule has 2 fully saturated rings. The molecule has 0 aliphatic carbocycles. The van der Waals surface area contributed by atoms with E-state index < -0.39 is 0 Å². The summed E-state index contributed by atoms with van der Waals surface area (Å²) < 4.78 is 13.2. The second kappa shape index (κ2) is 7.09. The number of morpholine rings is 1. The Bertz CT molecular complexity index is 755. The number of piperidine rings is 1. The first kappa shape index (κ1) is 17.1. The Morgan fingerprint density at radius 1 is 1.35 bits per heavy atom. The molecule has 7 nitrogen and oxygen atoms in total. The lowest BCUT2D eigenvalue weighted by Gasteiger charge is -2.43. The van der Waals surface area contributed by atoms with Crippen LogP contribution in [-0.2, 0) is 16.1 Å². The molecule has 1 aromatic heterocycles. The highest BCUT2D eigenvalue weighted by molar-refractivity contribution is 5.78. The number of hydrogen-bond donors (Lipinski definition) is 1. The van der Waals surface area contributed by atoms with Gasteiger partial charge in [0.05, 0.1) is 18.4 Å². The first-order chi connectivity index (χ1) is 12.7. The monoisotopic (exact) mass is 356 g/mol. The zero-order valence-corrected chi connectivity index (χ0v) is 15.0. The van der Waals surface area contributed by atoms with Crippen LogP contribution in [0.5, 0.6) is 5.75 Å². The smallest absolute Gasteiger partial charge is 0.246 e. The molecule has 0 unspecified atom stereocenters. The van der Waals surface area contributed by atoms with Crippen molar-refractivity contribution in [2.24, 2.45) is 0 Å². The van der Waals surface area contributed by atoms with E-state index in [0.29, 0.717) is 6.54 Å². The summed E-state index contributed by atoms with van der Waals surface area (Å²) in [6, 6.07) is 8.02. The second-order valence-electron chi connectivity index (χ2n) is 6.97. The number of ether oxygens (including phenoxy) is 2. The number of likely N-dealkylation sites (tertiary alicyclic amines) is 1. The number of methoxy groups -OCH3 is 1.